The summed E-state index contributed by atoms with van der Waals surface area (Å²) >= 11 is 0. The highest BCUT2D eigenvalue weighted by atomic mass is 16.2. The van der Waals surface area contributed by atoms with Crippen molar-refractivity contribution in [1.29, 1.82) is 0 Å². The number of nitrogens with one attached hydrogen (secondary N) is 3. The first-order valence-electron chi connectivity index (χ1n) is 7.83. The van der Waals surface area contributed by atoms with E-state index in [-0.39, 0.29) is 17.7 Å². The van der Waals surface area contributed by atoms with Gasteiger partial charge in [-0.05, 0) is 55.3 Å². The molecule has 0 aliphatic rings. The fourth-order valence-electron chi connectivity index (χ4n) is 2.33. The lowest BCUT2D eigenvalue weighted by Gasteiger charge is -2.12. The van der Waals surface area contributed by atoms with Gasteiger partial charge in [0.05, 0.1) is 0 Å². The fourth-order valence-corrected chi connectivity index (χ4v) is 2.33. The van der Waals surface area contributed by atoms with Gasteiger partial charge in [-0.25, -0.2) is 0 Å². The van der Waals surface area contributed by atoms with Gasteiger partial charge in [-0.2, -0.15) is 0 Å². The van der Waals surface area contributed by atoms with Crippen LogP contribution in [-0.2, 0) is 9.59 Å². The summed E-state index contributed by atoms with van der Waals surface area (Å²) in [6.45, 7) is 6.72. The molecule has 130 valence electrons. The van der Waals surface area contributed by atoms with Crippen LogP contribution < -0.4 is 16.0 Å². The van der Waals surface area contributed by atoms with Gasteiger partial charge in [0.25, 0.3) is 5.91 Å². The van der Waals surface area contributed by atoms with Gasteiger partial charge in [-0.3, -0.25) is 14.4 Å². The van der Waals surface area contributed by atoms with Crippen LogP contribution in [0, 0.1) is 13.8 Å². The first-order valence-corrected chi connectivity index (χ1v) is 7.83. The van der Waals surface area contributed by atoms with E-state index in [4.69, 9.17) is 0 Å². The molecule has 0 bridgehead atoms. The maximum Gasteiger partial charge on any atom is 0.255 e. The van der Waals surface area contributed by atoms with Crippen molar-refractivity contribution in [3.05, 3.63) is 53.1 Å². The Morgan fingerprint density at radius 3 is 1.72 bits per heavy atom. The summed E-state index contributed by atoms with van der Waals surface area (Å²) in [4.78, 5) is 35.1. The molecular weight excluding hydrogens is 318 g/mol. The molecule has 6 heteroatoms. The third-order valence-electron chi connectivity index (χ3n) is 3.60. The van der Waals surface area contributed by atoms with E-state index in [1.165, 1.54) is 13.8 Å². The van der Waals surface area contributed by atoms with E-state index in [2.05, 4.69) is 16.0 Å². The van der Waals surface area contributed by atoms with E-state index in [0.29, 0.717) is 22.6 Å². The minimum Gasteiger partial charge on any atom is -0.326 e. The molecule has 0 unspecified atom stereocenters. The number of hydrogen-bond donors (Lipinski definition) is 3. The summed E-state index contributed by atoms with van der Waals surface area (Å²) in [7, 11) is 0. The Morgan fingerprint density at radius 1 is 0.680 bits per heavy atom. The monoisotopic (exact) mass is 339 g/mol. The zero-order chi connectivity index (χ0) is 18.6. The molecule has 2 rings (SSSR count). The molecular formula is C19H21N3O3. The molecule has 3 amide bonds. The third-order valence-corrected chi connectivity index (χ3v) is 3.60. The summed E-state index contributed by atoms with van der Waals surface area (Å²) < 4.78 is 0. The van der Waals surface area contributed by atoms with Crippen molar-refractivity contribution >= 4 is 34.8 Å². The van der Waals surface area contributed by atoms with Crippen molar-refractivity contribution in [2.24, 2.45) is 0 Å². The van der Waals surface area contributed by atoms with Crippen LogP contribution in [0.4, 0.5) is 17.1 Å². The maximum absolute atomic E-state index is 12.5. The number of amides is 3. The molecule has 6 nitrogen and oxygen atoms in total. The average molecular weight is 339 g/mol. The standard InChI is InChI=1S/C19H21N3O3/c1-11-5-6-16(7-12(11)2)22-19(25)15-8-17(20-13(3)23)10-18(9-15)21-14(4)24/h5-10H,1-4H3,(H,20,23)(H,21,24)(H,22,25). The topological polar surface area (TPSA) is 87.3 Å². The lowest BCUT2D eigenvalue weighted by molar-refractivity contribution is -0.115. The van der Waals surface area contributed by atoms with Crippen molar-refractivity contribution in [2.75, 3.05) is 16.0 Å². The van der Waals surface area contributed by atoms with Crippen molar-refractivity contribution in [1.82, 2.24) is 0 Å². The SMILES string of the molecule is CC(=O)Nc1cc(NC(C)=O)cc(C(=O)Nc2ccc(C)c(C)c2)c1. The number of rotatable bonds is 4. The number of aryl methyl sites for hydroxylation is 2. The van der Waals surface area contributed by atoms with Gasteiger partial charge in [0.15, 0.2) is 0 Å². The lowest BCUT2D eigenvalue weighted by Crippen LogP contribution is -2.15. The Morgan fingerprint density at radius 2 is 1.24 bits per heavy atom. The Bertz CT molecular complexity index is 810. The van der Waals surface area contributed by atoms with Crippen LogP contribution in [0.25, 0.3) is 0 Å². The zero-order valence-electron chi connectivity index (χ0n) is 14.7. The van der Waals surface area contributed by atoms with Gasteiger partial charge in [0.2, 0.25) is 11.8 Å². The second-order valence-electron chi connectivity index (χ2n) is 5.91. The van der Waals surface area contributed by atoms with Crippen LogP contribution in [0.3, 0.4) is 0 Å². The third kappa shape index (κ3) is 5.17. The number of anilines is 3. The molecule has 0 spiro atoms. The quantitative estimate of drug-likeness (QED) is 0.797. The minimum atomic E-state index is -0.331. The van der Waals surface area contributed by atoms with Gasteiger partial charge >= 0.3 is 0 Å². The second kappa shape index (κ2) is 7.61. The molecule has 0 aromatic heterocycles. The highest BCUT2D eigenvalue weighted by molar-refractivity contribution is 6.06. The second-order valence-corrected chi connectivity index (χ2v) is 5.91. The molecule has 2 aromatic rings. The molecule has 0 aliphatic heterocycles. The molecule has 0 saturated carbocycles. The normalized spacial score (nSPS) is 10.1. The highest BCUT2D eigenvalue weighted by Crippen LogP contribution is 2.21. The lowest BCUT2D eigenvalue weighted by atomic mass is 10.1. The Kier molecular flexibility index (Phi) is 5.54. The first-order chi connectivity index (χ1) is 11.7. The average Bonchev–Trinajstić information content (AvgIpc) is 2.49. The Balaban J connectivity index is 2.31. The van der Waals surface area contributed by atoms with Crippen LogP contribution in [-0.4, -0.2) is 17.7 Å². The van der Waals surface area contributed by atoms with Crippen LogP contribution in [0.5, 0.6) is 0 Å². The molecule has 3 N–H and O–H groups in total. The largest absolute Gasteiger partial charge is 0.326 e. The highest BCUT2D eigenvalue weighted by Gasteiger charge is 2.11. The number of carbonyl (C=O) groups excluding carboxylic acids is 3. The van der Waals surface area contributed by atoms with Gasteiger partial charge in [0, 0.05) is 36.5 Å². The Labute approximate surface area is 146 Å². The van der Waals surface area contributed by atoms with E-state index in [1.54, 1.807) is 18.2 Å². The molecule has 0 heterocycles. The fraction of sp³-hybridized carbons (Fsp3) is 0.211. The van der Waals surface area contributed by atoms with E-state index in [1.807, 2.05) is 32.0 Å². The molecule has 0 aliphatic carbocycles. The van der Waals surface area contributed by atoms with Crippen LogP contribution in [0.1, 0.15) is 35.3 Å². The maximum atomic E-state index is 12.5. The first kappa shape index (κ1) is 18.2. The predicted molar refractivity (Wildman–Crippen MR) is 98.9 cm³/mol. The van der Waals surface area contributed by atoms with E-state index < -0.39 is 0 Å². The Hall–Kier alpha value is -3.15. The number of hydrogen-bond acceptors (Lipinski definition) is 3. The van der Waals surface area contributed by atoms with Gasteiger partial charge in [-0.1, -0.05) is 6.07 Å². The van der Waals surface area contributed by atoms with E-state index in [0.717, 1.165) is 11.1 Å². The van der Waals surface area contributed by atoms with Gasteiger partial charge in [0.1, 0.15) is 0 Å². The zero-order valence-corrected chi connectivity index (χ0v) is 14.7. The summed E-state index contributed by atoms with van der Waals surface area (Å²) in [5, 5.41) is 8.07. The number of benzene rings is 2. The van der Waals surface area contributed by atoms with Crippen LogP contribution >= 0.6 is 0 Å². The molecule has 0 saturated heterocycles. The van der Waals surface area contributed by atoms with Gasteiger partial charge in [-0.15, -0.1) is 0 Å². The number of carbonyl (C=O) groups is 3. The van der Waals surface area contributed by atoms with E-state index in [9.17, 15) is 14.4 Å². The van der Waals surface area contributed by atoms with Crippen molar-refractivity contribution in [3.8, 4) is 0 Å². The molecule has 25 heavy (non-hydrogen) atoms. The predicted octanol–water partition coefficient (Wildman–Crippen LogP) is 3.47. The molecule has 2 aromatic carbocycles. The molecule has 0 radical (unpaired) electrons. The molecule has 0 atom stereocenters. The molecule has 0 fully saturated rings. The summed E-state index contributed by atoms with van der Waals surface area (Å²) in [6.07, 6.45) is 0. The van der Waals surface area contributed by atoms with Crippen LogP contribution in [0.2, 0.25) is 0 Å². The van der Waals surface area contributed by atoms with Crippen molar-refractivity contribution in [3.63, 3.8) is 0 Å². The van der Waals surface area contributed by atoms with E-state index >= 15 is 0 Å². The minimum absolute atomic E-state index is 0.263. The van der Waals surface area contributed by atoms with Crippen molar-refractivity contribution in [2.45, 2.75) is 27.7 Å². The summed E-state index contributed by atoms with van der Waals surface area (Å²) in [6, 6.07) is 10.4. The van der Waals surface area contributed by atoms with Crippen molar-refractivity contribution < 1.29 is 14.4 Å². The summed E-state index contributed by atoms with van der Waals surface area (Å²) in [5.41, 5.74) is 4.09. The summed E-state index contributed by atoms with van der Waals surface area (Å²) in [5.74, 6) is -0.858. The van der Waals surface area contributed by atoms with Gasteiger partial charge < -0.3 is 16.0 Å². The smallest absolute Gasteiger partial charge is 0.255 e. The van der Waals surface area contributed by atoms with Crippen LogP contribution in [0.15, 0.2) is 36.4 Å².